The Hall–Kier alpha value is -1.58. The number of aryl methyl sites for hydroxylation is 2. The van der Waals surface area contributed by atoms with E-state index in [0.29, 0.717) is 12.5 Å². The number of aromatic nitrogens is 1. The number of carbonyl (C=O) groups is 1. The van der Waals surface area contributed by atoms with Gasteiger partial charge in [0.15, 0.2) is 0 Å². The molecule has 0 radical (unpaired) electrons. The van der Waals surface area contributed by atoms with Crippen molar-refractivity contribution in [3.05, 3.63) is 33.2 Å². The van der Waals surface area contributed by atoms with E-state index >= 15 is 0 Å². The molecule has 0 unspecified atom stereocenters. The molecule has 0 fully saturated rings. The number of carbonyl (C=O) groups excluding carboxylic acids is 1. The van der Waals surface area contributed by atoms with Crippen LogP contribution in [-0.4, -0.2) is 17.4 Å². The predicted molar refractivity (Wildman–Crippen MR) is 77.6 cm³/mol. The summed E-state index contributed by atoms with van der Waals surface area (Å²) in [5.41, 5.74) is 1.80. The van der Waals surface area contributed by atoms with Crippen molar-refractivity contribution in [3.8, 4) is 0 Å². The highest BCUT2D eigenvalue weighted by Crippen LogP contribution is 2.07. The van der Waals surface area contributed by atoms with Gasteiger partial charge in [-0.25, -0.2) is 0 Å². The summed E-state index contributed by atoms with van der Waals surface area (Å²) < 4.78 is 0. The molecule has 0 aliphatic carbocycles. The summed E-state index contributed by atoms with van der Waals surface area (Å²) in [6, 6.07) is 1.69. The first-order valence-corrected chi connectivity index (χ1v) is 7.00. The molecule has 4 heteroatoms. The Morgan fingerprint density at radius 1 is 1.42 bits per heavy atom. The molecule has 0 aliphatic heterocycles. The lowest BCUT2D eigenvalue weighted by atomic mass is 10.1. The molecule has 1 heterocycles. The minimum atomic E-state index is -0.296. The van der Waals surface area contributed by atoms with Crippen molar-refractivity contribution in [1.82, 2.24) is 10.3 Å². The molecule has 1 atom stereocenters. The topological polar surface area (TPSA) is 62.0 Å². The molecular weight excluding hydrogens is 240 g/mol. The first kappa shape index (κ1) is 15.5. The number of rotatable bonds is 6. The Morgan fingerprint density at radius 2 is 2.11 bits per heavy atom. The van der Waals surface area contributed by atoms with Gasteiger partial charge in [-0.1, -0.05) is 33.6 Å². The van der Waals surface area contributed by atoms with Crippen molar-refractivity contribution in [1.29, 1.82) is 0 Å². The fourth-order valence-corrected chi connectivity index (χ4v) is 1.86. The zero-order valence-corrected chi connectivity index (χ0v) is 12.3. The molecule has 0 saturated heterocycles. The van der Waals surface area contributed by atoms with E-state index in [0.717, 1.165) is 30.5 Å². The number of H-pyrrole nitrogens is 1. The average molecular weight is 264 g/mol. The molecule has 1 amide bonds. The van der Waals surface area contributed by atoms with Crippen molar-refractivity contribution in [2.24, 2.45) is 5.92 Å². The number of amides is 1. The molecule has 19 heavy (non-hydrogen) atoms. The standard InChI is InChI=1S/C15H24N2O2/c1-5-7-13-11(4)8-12(15(19)17-13)14(18)16-9-10(3)6-2/h8,10H,5-7,9H2,1-4H3,(H,16,18)(H,17,19)/t10-/m1/s1. The minimum absolute atomic E-state index is 0.209. The van der Waals surface area contributed by atoms with E-state index in [1.54, 1.807) is 6.07 Å². The van der Waals surface area contributed by atoms with Crippen molar-refractivity contribution in [2.75, 3.05) is 6.54 Å². The molecule has 1 aromatic rings. The number of nitrogens with one attached hydrogen (secondary N) is 2. The molecule has 2 N–H and O–H groups in total. The predicted octanol–water partition coefficient (Wildman–Crippen LogP) is 2.41. The largest absolute Gasteiger partial charge is 0.352 e. The van der Waals surface area contributed by atoms with E-state index in [2.05, 4.69) is 31.1 Å². The lowest BCUT2D eigenvalue weighted by molar-refractivity contribution is 0.0946. The first-order chi connectivity index (χ1) is 8.99. The molecule has 1 aromatic heterocycles. The second-order valence-corrected chi connectivity index (χ2v) is 5.15. The van der Waals surface area contributed by atoms with Crippen LogP contribution in [0.5, 0.6) is 0 Å². The van der Waals surface area contributed by atoms with Crippen molar-refractivity contribution >= 4 is 5.91 Å². The first-order valence-electron chi connectivity index (χ1n) is 7.00. The molecule has 0 aliphatic rings. The Morgan fingerprint density at radius 3 is 2.68 bits per heavy atom. The van der Waals surface area contributed by atoms with E-state index < -0.39 is 0 Å². The number of pyridine rings is 1. The Balaban J connectivity index is 2.86. The van der Waals surface area contributed by atoms with E-state index in [9.17, 15) is 9.59 Å². The Kier molecular flexibility index (Phi) is 5.80. The Bertz CT molecular complexity index is 491. The summed E-state index contributed by atoms with van der Waals surface area (Å²) in [5.74, 6) is 0.135. The molecule has 0 bridgehead atoms. The highest BCUT2D eigenvalue weighted by atomic mass is 16.2. The van der Waals surface area contributed by atoms with Gasteiger partial charge >= 0.3 is 0 Å². The SMILES string of the molecule is CCCc1[nH]c(=O)c(C(=O)NC[C@H](C)CC)cc1C. The minimum Gasteiger partial charge on any atom is -0.352 e. The van der Waals surface area contributed by atoms with Crippen molar-refractivity contribution in [2.45, 2.75) is 47.0 Å². The van der Waals surface area contributed by atoms with E-state index in [-0.39, 0.29) is 17.0 Å². The van der Waals surface area contributed by atoms with Gasteiger partial charge in [-0.15, -0.1) is 0 Å². The zero-order valence-electron chi connectivity index (χ0n) is 12.3. The molecule has 4 nitrogen and oxygen atoms in total. The molecule has 0 aromatic carbocycles. The van der Waals surface area contributed by atoms with E-state index in [1.165, 1.54) is 0 Å². The normalized spacial score (nSPS) is 12.2. The van der Waals surface area contributed by atoms with Gasteiger partial charge in [0.1, 0.15) is 5.56 Å². The highest BCUT2D eigenvalue weighted by molar-refractivity contribution is 5.94. The second kappa shape index (κ2) is 7.12. The summed E-state index contributed by atoms with van der Waals surface area (Å²) in [6.45, 7) is 8.73. The maximum Gasteiger partial charge on any atom is 0.261 e. The van der Waals surface area contributed by atoms with Gasteiger partial charge in [0.2, 0.25) is 0 Å². The van der Waals surface area contributed by atoms with Gasteiger partial charge < -0.3 is 10.3 Å². The monoisotopic (exact) mass is 264 g/mol. The fourth-order valence-electron chi connectivity index (χ4n) is 1.86. The lowest BCUT2D eigenvalue weighted by Crippen LogP contribution is -2.33. The van der Waals surface area contributed by atoms with Crippen molar-refractivity contribution < 1.29 is 4.79 Å². The van der Waals surface area contributed by atoms with Gasteiger partial charge in [0.05, 0.1) is 0 Å². The second-order valence-electron chi connectivity index (χ2n) is 5.15. The number of hydrogen-bond acceptors (Lipinski definition) is 2. The van der Waals surface area contributed by atoms with Crippen LogP contribution in [0, 0.1) is 12.8 Å². The lowest BCUT2D eigenvalue weighted by Gasteiger charge is -2.11. The third kappa shape index (κ3) is 4.23. The zero-order chi connectivity index (χ0) is 14.4. The molecule has 0 spiro atoms. The van der Waals surface area contributed by atoms with Crippen LogP contribution in [0.3, 0.4) is 0 Å². The maximum atomic E-state index is 12.0. The van der Waals surface area contributed by atoms with Gasteiger partial charge in [-0.2, -0.15) is 0 Å². The van der Waals surface area contributed by atoms with Crippen LogP contribution in [0.2, 0.25) is 0 Å². The van der Waals surface area contributed by atoms with Crippen LogP contribution in [-0.2, 0) is 6.42 Å². The highest BCUT2D eigenvalue weighted by Gasteiger charge is 2.13. The van der Waals surface area contributed by atoms with Crippen LogP contribution in [0.25, 0.3) is 0 Å². The van der Waals surface area contributed by atoms with E-state index in [1.807, 2.05) is 6.92 Å². The van der Waals surface area contributed by atoms with Gasteiger partial charge in [-0.3, -0.25) is 9.59 Å². The summed E-state index contributed by atoms with van der Waals surface area (Å²) >= 11 is 0. The summed E-state index contributed by atoms with van der Waals surface area (Å²) in [5, 5.41) is 2.81. The summed E-state index contributed by atoms with van der Waals surface area (Å²) in [6.07, 6.45) is 2.80. The van der Waals surface area contributed by atoms with Gasteiger partial charge in [0, 0.05) is 12.2 Å². The third-order valence-electron chi connectivity index (χ3n) is 3.40. The maximum absolute atomic E-state index is 12.0. The quantitative estimate of drug-likeness (QED) is 0.829. The van der Waals surface area contributed by atoms with Gasteiger partial charge in [-0.05, 0) is 30.9 Å². The third-order valence-corrected chi connectivity index (χ3v) is 3.40. The van der Waals surface area contributed by atoms with Crippen molar-refractivity contribution in [3.63, 3.8) is 0 Å². The summed E-state index contributed by atoms with van der Waals surface area (Å²) in [4.78, 5) is 26.7. The molecule has 1 rings (SSSR count). The van der Waals surface area contributed by atoms with Gasteiger partial charge in [0.25, 0.3) is 11.5 Å². The van der Waals surface area contributed by atoms with Crippen LogP contribution >= 0.6 is 0 Å². The Labute approximate surface area is 114 Å². The van der Waals surface area contributed by atoms with Crippen LogP contribution < -0.4 is 10.9 Å². The number of aromatic amines is 1. The number of hydrogen-bond donors (Lipinski definition) is 2. The average Bonchev–Trinajstić information content (AvgIpc) is 2.39. The molecular formula is C15H24N2O2. The summed E-state index contributed by atoms with van der Waals surface area (Å²) in [7, 11) is 0. The van der Waals surface area contributed by atoms with Crippen LogP contribution in [0.4, 0.5) is 0 Å². The van der Waals surface area contributed by atoms with Crippen LogP contribution in [0.15, 0.2) is 10.9 Å². The van der Waals surface area contributed by atoms with E-state index in [4.69, 9.17) is 0 Å². The molecule has 0 saturated carbocycles. The smallest absolute Gasteiger partial charge is 0.261 e. The fraction of sp³-hybridized carbons (Fsp3) is 0.600. The van der Waals surface area contributed by atoms with Crippen LogP contribution in [0.1, 0.15) is 55.2 Å². The molecule has 106 valence electrons.